The number of hydrogen-bond donors (Lipinski definition) is 1. The maximum absolute atomic E-state index is 12.3. The summed E-state index contributed by atoms with van der Waals surface area (Å²) in [5, 5.41) is 2.68. The van der Waals surface area contributed by atoms with Crippen molar-refractivity contribution in [2.24, 2.45) is 0 Å². The minimum absolute atomic E-state index is 0.00247. The van der Waals surface area contributed by atoms with E-state index in [9.17, 15) is 18.4 Å². The molecule has 1 amide bonds. The number of hydrogen-bond acceptors (Lipinski definition) is 6. The molecule has 0 unspecified atom stereocenters. The molecule has 1 aliphatic heterocycles. The number of morpholine rings is 1. The smallest absolute Gasteiger partial charge is 0.387 e. The van der Waals surface area contributed by atoms with E-state index >= 15 is 0 Å². The maximum atomic E-state index is 12.3. The van der Waals surface area contributed by atoms with Crippen LogP contribution < -0.4 is 15.0 Å². The lowest BCUT2D eigenvalue weighted by Crippen LogP contribution is -2.36. The van der Waals surface area contributed by atoms with Crippen LogP contribution in [-0.2, 0) is 14.3 Å². The molecule has 0 spiro atoms. The summed E-state index contributed by atoms with van der Waals surface area (Å²) in [5.74, 6) is -1.50. The van der Waals surface area contributed by atoms with Gasteiger partial charge in [0.05, 0.1) is 18.8 Å². The van der Waals surface area contributed by atoms with Crippen LogP contribution in [0.25, 0.3) is 0 Å². The van der Waals surface area contributed by atoms with Crippen molar-refractivity contribution in [1.82, 2.24) is 0 Å². The first-order valence-electron chi connectivity index (χ1n) is 9.42. The van der Waals surface area contributed by atoms with Gasteiger partial charge in [0.25, 0.3) is 5.91 Å². The van der Waals surface area contributed by atoms with E-state index in [1.54, 1.807) is 12.1 Å². The van der Waals surface area contributed by atoms with Gasteiger partial charge in [-0.2, -0.15) is 8.78 Å². The molecule has 0 bridgehead atoms. The normalized spacial score (nSPS) is 14.9. The standard InChI is InChI=1S/C21H22F2N2O5/c1-14(29-20(27)15-3-2-4-18(13-15)30-21(22)23)19(26)24-16-5-7-17(8-6-16)25-9-11-28-12-10-25/h2-8,13-14,21H,9-12H2,1H3,(H,24,26)/t14-/m0/s1. The topological polar surface area (TPSA) is 77.1 Å². The summed E-state index contributed by atoms with van der Waals surface area (Å²) in [7, 11) is 0. The lowest BCUT2D eigenvalue weighted by atomic mass is 10.2. The number of halogens is 2. The molecule has 0 aliphatic carbocycles. The van der Waals surface area contributed by atoms with E-state index in [-0.39, 0.29) is 11.3 Å². The summed E-state index contributed by atoms with van der Waals surface area (Å²) >= 11 is 0. The number of anilines is 2. The number of amides is 1. The van der Waals surface area contributed by atoms with Crippen molar-refractivity contribution >= 4 is 23.3 Å². The molecule has 1 N–H and O–H groups in total. The monoisotopic (exact) mass is 420 g/mol. The van der Waals surface area contributed by atoms with Crippen molar-refractivity contribution in [3.63, 3.8) is 0 Å². The molecule has 160 valence electrons. The molecule has 1 fully saturated rings. The number of nitrogens with zero attached hydrogens (tertiary/aromatic N) is 1. The zero-order valence-electron chi connectivity index (χ0n) is 16.3. The van der Waals surface area contributed by atoms with Crippen LogP contribution in [0.15, 0.2) is 48.5 Å². The molecular formula is C21H22F2N2O5. The summed E-state index contributed by atoms with van der Waals surface area (Å²) in [6.45, 7) is 1.40. The van der Waals surface area contributed by atoms with Crippen LogP contribution in [-0.4, -0.2) is 50.9 Å². The fourth-order valence-corrected chi connectivity index (χ4v) is 2.90. The number of esters is 1. The van der Waals surface area contributed by atoms with Gasteiger partial charge in [-0.15, -0.1) is 0 Å². The van der Waals surface area contributed by atoms with E-state index in [2.05, 4.69) is 15.0 Å². The van der Waals surface area contributed by atoms with Gasteiger partial charge < -0.3 is 24.4 Å². The van der Waals surface area contributed by atoms with Gasteiger partial charge >= 0.3 is 12.6 Å². The Morgan fingerprint density at radius 1 is 1.10 bits per heavy atom. The van der Waals surface area contributed by atoms with Crippen molar-refractivity contribution < 1.29 is 32.6 Å². The summed E-state index contributed by atoms with van der Waals surface area (Å²) in [6.07, 6.45) is -1.09. The Kier molecular flexibility index (Phi) is 7.18. The number of benzene rings is 2. The third-order valence-electron chi connectivity index (χ3n) is 4.46. The highest BCUT2D eigenvalue weighted by molar-refractivity contribution is 5.97. The molecule has 1 saturated heterocycles. The Balaban J connectivity index is 1.54. The van der Waals surface area contributed by atoms with Crippen molar-refractivity contribution in [2.75, 3.05) is 36.5 Å². The van der Waals surface area contributed by atoms with Crippen molar-refractivity contribution in [3.8, 4) is 5.75 Å². The van der Waals surface area contributed by atoms with Crippen LogP contribution >= 0.6 is 0 Å². The number of carbonyl (C=O) groups is 2. The van der Waals surface area contributed by atoms with E-state index in [0.29, 0.717) is 18.9 Å². The maximum Gasteiger partial charge on any atom is 0.387 e. The first kappa shape index (κ1) is 21.5. The summed E-state index contributed by atoms with van der Waals surface area (Å²) < 4.78 is 39.3. The Morgan fingerprint density at radius 3 is 2.47 bits per heavy atom. The molecule has 1 heterocycles. The van der Waals surface area contributed by atoms with Gasteiger partial charge in [0.15, 0.2) is 6.10 Å². The van der Waals surface area contributed by atoms with Gasteiger partial charge in [0, 0.05) is 24.5 Å². The van der Waals surface area contributed by atoms with Crippen LogP contribution in [0.2, 0.25) is 0 Å². The Labute approximate surface area is 172 Å². The zero-order valence-corrected chi connectivity index (χ0v) is 16.3. The number of ether oxygens (including phenoxy) is 3. The summed E-state index contributed by atoms with van der Waals surface area (Å²) in [5.41, 5.74) is 1.59. The van der Waals surface area contributed by atoms with Crippen LogP contribution in [0.5, 0.6) is 5.75 Å². The van der Waals surface area contributed by atoms with Crippen LogP contribution in [0, 0.1) is 0 Å². The first-order chi connectivity index (χ1) is 14.4. The molecule has 3 rings (SSSR count). The molecule has 1 aliphatic rings. The van der Waals surface area contributed by atoms with Gasteiger partial charge in [-0.3, -0.25) is 4.79 Å². The van der Waals surface area contributed by atoms with Gasteiger partial charge in [-0.05, 0) is 49.4 Å². The van der Waals surface area contributed by atoms with Crippen molar-refractivity contribution in [1.29, 1.82) is 0 Å². The molecule has 9 heteroatoms. The van der Waals surface area contributed by atoms with E-state index in [1.807, 2.05) is 12.1 Å². The summed E-state index contributed by atoms with van der Waals surface area (Å²) in [4.78, 5) is 26.7. The highest BCUT2D eigenvalue weighted by Gasteiger charge is 2.20. The molecule has 0 radical (unpaired) electrons. The predicted octanol–water partition coefficient (Wildman–Crippen LogP) is 3.31. The quantitative estimate of drug-likeness (QED) is 0.693. The van der Waals surface area contributed by atoms with Crippen molar-refractivity contribution in [3.05, 3.63) is 54.1 Å². The van der Waals surface area contributed by atoms with E-state index in [4.69, 9.17) is 9.47 Å². The third-order valence-corrected chi connectivity index (χ3v) is 4.46. The van der Waals surface area contributed by atoms with Crippen LogP contribution in [0.3, 0.4) is 0 Å². The third kappa shape index (κ3) is 5.90. The number of nitrogens with one attached hydrogen (secondary N) is 1. The molecule has 1 atom stereocenters. The Bertz CT molecular complexity index is 870. The molecule has 7 nitrogen and oxygen atoms in total. The first-order valence-corrected chi connectivity index (χ1v) is 9.42. The lowest BCUT2D eigenvalue weighted by molar-refractivity contribution is -0.123. The predicted molar refractivity (Wildman–Crippen MR) is 106 cm³/mol. The highest BCUT2D eigenvalue weighted by Crippen LogP contribution is 2.20. The van der Waals surface area contributed by atoms with E-state index in [1.165, 1.54) is 25.1 Å². The fourth-order valence-electron chi connectivity index (χ4n) is 2.90. The average Bonchev–Trinajstić information content (AvgIpc) is 2.74. The number of alkyl halides is 2. The van der Waals surface area contributed by atoms with Crippen LogP contribution in [0.1, 0.15) is 17.3 Å². The minimum Gasteiger partial charge on any atom is -0.449 e. The number of carbonyl (C=O) groups excluding carboxylic acids is 2. The summed E-state index contributed by atoms with van der Waals surface area (Å²) in [6, 6.07) is 12.5. The largest absolute Gasteiger partial charge is 0.449 e. The van der Waals surface area contributed by atoms with Gasteiger partial charge in [0.2, 0.25) is 0 Å². The zero-order chi connectivity index (χ0) is 21.5. The minimum atomic E-state index is -3.00. The van der Waals surface area contributed by atoms with Gasteiger partial charge in [0.1, 0.15) is 5.75 Å². The van der Waals surface area contributed by atoms with E-state index in [0.717, 1.165) is 24.8 Å². The molecule has 2 aromatic rings. The van der Waals surface area contributed by atoms with E-state index < -0.39 is 24.6 Å². The van der Waals surface area contributed by atoms with Crippen molar-refractivity contribution in [2.45, 2.75) is 19.6 Å². The van der Waals surface area contributed by atoms with Gasteiger partial charge in [-0.25, -0.2) is 4.79 Å². The van der Waals surface area contributed by atoms with Gasteiger partial charge in [-0.1, -0.05) is 6.07 Å². The molecule has 2 aromatic carbocycles. The molecule has 0 aromatic heterocycles. The average molecular weight is 420 g/mol. The second-order valence-corrected chi connectivity index (χ2v) is 6.59. The molecule has 0 saturated carbocycles. The fraction of sp³-hybridized carbons (Fsp3) is 0.333. The second kappa shape index (κ2) is 10.0. The Morgan fingerprint density at radius 2 is 1.80 bits per heavy atom. The lowest BCUT2D eigenvalue weighted by Gasteiger charge is -2.28. The highest BCUT2D eigenvalue weighted by atomic mass is 19.3. The molecule has 30 heavy (non-hydrogen) atoms. The second-order valence-electron chi connectivity index (χ2n) is 6.59. The SMILES string of the molecule is C[C@H](OC(=O)c1cccc(OC(F)F)c1)C(=O)Nc1ccc(N2CCOCC2)cc1. The Hall–Kier alpha value is -3.20. The van der Waals surface area contributed by atoms with Crippen LogP contribution in [0.4, 0.5) is 20.2 Å². The number of rotatable bonds is 7. The molecular weight excluding hydrogens is 398 g/mol.